The molecule has 0 radical (unpaired) electrons. The van der Waals surface area contributed by atoms with Gasteiger partial charge in [0.1, 0.15) is 18.9 Å². The molecule has 12 nitrogen and oxygen atoms in total. The Morgan fingerprint density at radius 3 is 2.17 bits per heavy atom. The molecule has 12 heteroatoms. The Hall–Kier alpha value is -5.00. The number of hydrogen-bond donors (Lipinski definition) is 4. The van der Waals surface area contributed by atoms with E-state index in [2.05, 4.69) is 26.3 Å². The molecule has 3 aromatic rings. The van der Waals surface area contributed by atoms with Crippen LogP contribution in [0.15, 0.2) is 53.5 Å². The summed E-state index contributed by atoms with van der Waals surface area (Å²) in [5.41, 5.74) is 3.94. The first-order valence-corrected chi connectivity index (χ1v) is 13.1. The summed E-state index contributed by atoms with van der Waals surface area (Å²) in [7, 11) is 2.92. The van der Waals surface area contributed by atoms with Crippen molar-refractivity contribution in [3.8, 4) is 5.69 Å². The lowest BCUT2D eigenvalue weighted by Gasteiger charge is -2.21. The molecule has 214 valence electrons. The molecule has 1 aliphatic heterocycles. The lowest BCUT2D eigenvalue weighted by atomic mass is 9.92. The highest BCUT2D eigenvalue weighted by Crippen LogP contribution is 2.28. The smallest absolute Gasteiger partial charge is 0.324 e. The van der Waals surface area contributed by atoms with Gasteiger partial charge in [-0.05, 0) is 48.0 Å². The second-order valence-electron chi connectivity index (χ2n) is 10.6. The van der Waals surface area contributed by atoms with E-state index in [-0.39, 0.29) is 24.1 Å². The number of anilines is 2. The van der Waals surface area contributed by atoms with E-state index in [1.54, 1.807) is 35.0 Å². The molecule has 5 amide bonds. The minimum absolute atomic E-state index is 0.265. The highest BCUT2D eigenvalue weighted by atomic mass is 16.2. The average molecular weight is 559 g/mol. The third-order valence-corrected chi connectivity index (χ3v) is 6.47. The van der Waals surface area contributed by atoms with E-state index in [0.29, 0.717) is 17.2 Å². The van der Waals surface area contributed by atoms with Crippen LogP contribution in [0.5, 0.6) is 0 Å². The molecule has 1 aliphatic rings. The zero-order valence-corrected chi connectivity index (χ0v) is 23.7. The van der Waals surface area contributed by atoms with E-state index in [1.807, 2.05) is 45.2 Å². The molecular weight excluding hydrogens is 524 g/mol. The minimum Gasteiger partial charge on any atom is -0.358 e. The van der Waals surface area contributed by atoms with Crippen molar-refractivity contribution in [2.45, 2.75) is 32.6 Å². The van der Waals surface area contributed by atoms with Gasteiger partial charge in [-0.3, -0.25) is 24.7 Å². The van der Waals surface area contributed by atoms with Crippen LogP contribution in [-0.4, -0.2) is 71.8 Å². The van der Waals surface area contributed by atoms with E-state index in [1.165, 1.54) is 19.0 Å². The first kappa shape index (κ1) is 29.0. The molecule has 0 fully saturated rings. The minimum atomic E-state index is -0.475. The van der Waals surface area contributed by atoms with Crippen LogP contribution in [0, 0.1) is 0 Å². The zero-order chi connectivity index (χ0) is 29.7. The van der Waals surface area contributed by atoms with Gasteiger partial charge in [-0.15, -0.1) is 0 Å². The number of hydrogen-bond acceptors (Lipinski definition) is 6. The fourth-order valence-electron chi connectivity index (χ4n) is 4.14. The third-order valence-electron chi connectivity index (χ3n) is 6.47. The number of fused-ring (bicyclic) bond motifs is 1. The Labute approximate surface area is 238 Å². The van der Waals surface area contributed by atoms with Crippen LogP contribution < -0.4 is 21.3 Å². The molecule has 41 heavy (non-hydrogen) atoms. The number of rotatable bonds is 8. The number of amides is 5. The molecule has 0 spiro atoms. The van der Waals surface area contributed by atoms with Gasteiger partial charge in [0.05, 0.1) is 17.1 Å². The van der Waals surface area contributed by atoms with Crippen LogP contribution in [0.4, 0.5) is 22.0 Å². The summed E-state index contributed by atoms with van der Waals surface area (Å²) < 4.78 is 1.60. The maximum atomic E-state index is 13.2. The number of aromatic nitrogens is 2. The number of aliphatic imine (C=N–C) groups is 1. The molecule has 1 aromatic heterocycles. The van der Waals surface area contributed by atoms with Crippen molar-refractivity contribution in [3.63, 3.8) is 0 Å². The van der Waals surface area contributed by atoms with E-state index in [9.17, 15) is 19.2 Å². The number of nitrogens with zero attached hydrogens (tertiary/aromatic N) is 4. The molecule has 4 N–H and O–H groups in total. The van der Waals surface area contributed by atoms with Gasteiger partial charge in [0.25, 0.3) is 5.91 Å². The predicted molar refractivity (Wildman–Crippen MR) is 157 cm³/mol. The summed E-state index contributed by atoms with van der Waals surface area (Å²) in [6.45, 7) is 5.53. The fraction of sp³-hybridized carbons (Fsp3) is 0.310. The SMILES string of the molecule is CNC(=O)CN(CC(=O)NC)C(=O)c1ccc(-n2nc(C(C)(C)C)cc2NC(=O)Nc2ccc3c(c2)CC=N3)cc1. The maximum absolute atomic E-state index is 13.2. The third kappa shape index (κ3) is 6.96. The molecular formula is C29H34N8O4. The normalized spacial score (nSPS) is 11.9. The average Bonchev–Trinajstić information content (AvgIpc) is 3.59. The summed E-state index contributed by atoms with van der Waals surface area (Å²) in [5, 5.41) is 15.4. The van der Waals surface area contributed by atoms with Crippen molar-refractivity contribution in [3.05, 3.63) is 65.4 Å². The first-order valence-electron chi connectivity index (χ1n) is 13.1. The second kappa shape index (κ2) is 12.0. The number of likely N-dealkylation sites (N-methyl/N-ethyl adjacent to an activating group) is 2. The highest BCUT2D eigenvalue weighted by molar-refractivity contribution is 6.00. The number of carbonyl (C=O) groups excluding carboxylic acids is 4. The van der Waals surface area contributed by atoms with Crippen LogP contribution >= 0.6 is 0 Å². The Morgan fingerprint density at radius 2 is 1.56 bits per heavy atom. The Balaban J connectivity index is 1.56. The Kier molecular flexibility index (Phi) is 8.51. The first-order chi connectivity index (χ1) is 19.5. The van der Waals surface area contributed by atoms with Gasteiger partial charge in [0, 0.05) is 49.5 Å². The highest BCUT2D eigenvalue weighted by Gasteiger charge is 2.23. The summed E-state index contributed by atoms with van der Waals surface area (Å²) in [5.74, 6) is -0.825. The van der Waals surface area contributed by atoms with Crippen molar-refractivity contribution >= 4 is 47.2 Å². The molecule has 2 heterocycles. The van der Waals surface area contributed by atoms with Crippen molar-refractivity contribution in [2.24, 2.45) is 4.99 Å². The zero-order valence-electron chi connectivity index (χ0n) is 23.7. The van der Waals surface area contributed by atoms with Gasteiger partial charge in [-0.25, -0.2) is 9.48 Å². The number of urea groups is 1. The van der Waals surface area contributed by atoms with E-state index < -0.39 is 23.8 Å². The van der Waals surface area contributed by atoms with Gasteiger partial charge < -0.3 is 20.9 Å². The van der Waals surface area contributed by atoms with Crippen molar-refractivity contribution < 1.29 is 19.2 Å². The maximum Gasteiger partial charge on any atom is 0.324 e. The second-order valence-corrected chi connectivity index (χ2v) is 10.6. The molecule has 0 bridgehead atoms. The van der Waals surface area contributed by atoms with Gasteiger partial charge in [-0.2, -0.15) is 5.10 Å². The van der Waals surface area contributed by atoms with Crippen LogP contribution in [-0.2, 0) is 21.4 Å². The van der Waals surface area contributed by atoms with Gasteiger partial charge >= 0.3 is 6.03 Å². The van der Waals surface area contributed by atoms with Gasteiger partial charge in [0.15, 0.2) is 0 Å². The molecule has 0 unspecified atom stereocenters. The molecule has 0 saturated heterocycles. The van der Waals surface area contributed by atoms with Crippen molar-refractivity contribution in [2.75, 3.05) is 37.8 Å². The van der Waals surface area contributed by atoms with Crippen molar-refractivity contribution in [1.82, 2.24) is 25.3 Å². The topological polar surface area (TPSA) is 150 Å². The predicted octanol–water partition coefficient (Wildman–Crippen LogP) is 3.01. The van der Waals surface area contributed by atoms with Crippen molar-refractivity contribution in [1.29, 1.82) is 0 Å². The van der Waals surface area contributed by atoms with Crippen LogP contribution in [0.1, 0.15) is 42.4 Å². The summed E-state index contributed by atoms with van der Waals surface area (Å²) >= 11 is 0. The molecule has 4 rings (SSSR count). The summed E-state index contributed by atoms with van der Waals surface area (Å²) in [4.78, 5) is 55.5. The van der Waals surface area contributed by atoms with Crippen LogP contribution in [0.2, 0.25) is 0 Å². The van der Waals surface area contributed by atoms with E-state index in [4.69, 9.17) is 5.10 Å². The largest absolute Gasteiger partial charge is 0.358 e. The molecule has 0 aliphatic carbocycles. The standard InChI is InChI=1S/C29H34N8O4/c1-29(2,3)23-15-24(34-28(41)33-20-8-11-22-19(14-20)12-13-32-22)37(35-23)21-9-6-18(7-10-21)27(40)36(16-25(38)30-4)17-26(39)31-5/h6-11,13-15H,12,16-17H2,1-5H3,(H,30,38)(H,31,39)(H2,33,34,41). The number of carbonyl (C=O) groups is 4. The Bertz CT molecular complexity index is 1480. The van der Waals surface area contributed by atoms with Gasteiger partial charge in [0.2, 0.25) is 11.8 Å². The Morgan fingerprint density at radius 1 is 0.902 bits per heavy atom. The summed E-state index contributed by atoms with van der Waals surface area (Å²) in [6.07, 6.45) is 2.56. The quantitative estimate of drug-likeness (QED) is 0.335. The van der Waals surface area contributed by atoms with E-state index in [0.717, 1.165) is 23.4 Å². The van der Waals surface area contributed by atoms with E-state index >= 15 is 0 Å². The molecule has 0 atom stereocenters. The van der Waals surface area contributed by atoms with Crippen LogP contribution in [0.25, 0.3) is 5.69 Å². The number of benzene rings is 2. The molecule has 2 aromatic carbocycles. The number of nitrogens with one attached hydrogen (secondary N) is 4. The summed E-state index contributed by atoms with van der Waals surface area (Å²) in [6, 6.07) is 13.5. The fourth-order valence-corrected chi connectivity index (χ4v) is 4.14. The monoisotopic (exact) mass is 558 g/mol. The van der Waals surface area contributed by atoms with Crippen LogP contribution in [0.3, 0.4) is 0 Å². The lowest BCUT2D eigenvalue weighted by Crippen LogP contribution is -2.44. The lowest BCUT2D eigenvalue weighted by molar-refractivity contribution is -0.123. The molecule has 0 saturated carbocycles. The van der Waals surface area contributed by atoms with Gasteiger partial charge in [-0.1, -0.05) is 20.8 Å².